The Hall–Kier alpha value is -6.00. The Kier molecular flexibility index (Phi) is 6.43. The van der Waals surface area contributed by atoms with E-state index < -0.39 is 0 Å². The molecule has 4 heteroatoms. The van der Waals surface area contributed by atoms with Crippen LogP contribution in [0.5, 0.6) is 11.5 Å². The van der Waals surface area contributed by atoms with Crippen LogP contribution < -0.4 is 9.64 Å². The van der Waals surface area contributed by atoms with Crippen LogP contribution in [0.25, 0.3) is 45.0 Å². The predicted molar refractivity (Wildman–Crippen MR) is 179 cm³/mol. The van der Waals surface area contributed by atoms with E-state index in [0.29, 0.717) is 5.82 Å². The summed E-state index contributed by atoms with van der Waals surface area (Å²) >= 11 is 0. The van der Waals surface area contributed by atoms with Gasteiger partial charge in [-0.2, -0.15) is 0 Å². The second-order valence-corrected chi connectivity index (χ2v) is 10.7. The van der Waals surface area contributed by atoms with Gasteiger partial charge in [0.25, 0.3) is 0 Å². The summed E-state index contributed by atoms with van der Waals surface area (Å²) in [6.45, 7) is 0. The first kappa shape index (κ1) is 25.7. The van der Waals surface area contributed by atoms with E-state index in [9.17, 15) is 0 Å². The minimum absolute atomic E-state index is 0.703. The van der Waals surface area contributed by atoms with Crippen molar-refractivity contribution < 1.29 is 4.74 Å². The zero-order chi connectivity index (χ0) is 29.3. The molecular weight excluding hydrogens is 538 g/mol. The van der Waals surface area contributed by atoms with Crippen molar-refractivity contribution in [2.24, 2.45) is 0 Å². The van der Waals surface area contributed by atoms with Crippen molar-refractivity contribution in [2.75, 3.05) is 4.90 Å². The highest BCUT2D eigenvalue weighted by Crippen LogP contribution is 2.51. The zero-order valence-electron chi connectivity index (χ0n) is 23.8. The third-order valence-corrected chi connectivity index (χ3v) is 7.86. The number of hydrogen-bond donors (Lipinski definition) is 0. The van der Waals surface area contributed by atoms with E-state index in [1.165, 1.54) is 0 Å². The van der Waals surface area contributed by atoms with E-state index in [4.69, 9.17) is 14.7 Å². The summed E-state index contributed by atoms with van der Waals surface area (Å²) in [7, 11) is 0. The van der Waals surface area contributed by atoms with E-state index in [0.717, 1.165) is 67.8 Å². The van der Waals surface area contributed by atoms with E-state index in [1.807, 2.05) is 72.8 Å². The lowest BCUT2D eigenvalue weighted by molar-refractivity contribution is 0.477. The molecule has 0 N–H and O–H groups in total. The SMILES string of the molecule is c1ccc(-c2cc(-c3cccc(-c4ccc5c(c4)Oc4ccccc4N5c4ccccc4)c3)nc(-c3ccccc3)n2)cc1. The van der Waals surface area contributed by atoms with E-state index in [1.54, 1.807) is 0 Å². The molecule has 8 rings (SSSR count). The maximum absolute atomic E-state index is 6.47. The smallest absolute Gasteiger partial charge is 0.160 e. The number of benzene rings is 6. The van der Waals surface area contributed by atoms with Gasteiger partial charge in [-0.15, -0.1) is 0 Å². The Morgan fingerprint density at radius 3 is 1.73 bits per heavy atom. The minimum atomic E-state index is 0.703. The molecule has 0 amide bonds. The molecule has 1 aliphatic heterocycles. The molecule has 1 aromatic heterocycles. The lowest BCUT2D eigenvalue weighted by Crippen LogP contribution is -2.15. The molecule has 0 bridgehead atoms. The molecule has 2 heterocycles. The first-order chi connectivity index (χ1) is 21.8. The van der Waals surface area contributed by atoms with Crippen molar-refractivity contribution in [1.29, 1.82) is 0 Å². The van der Waals surface area contributed by atoms with Crippen LogP contribution in [0.1, 0.15) is 0 Å². The van der Waals surface area contributed by atoms with Crippen LogP contribution in [0, 0.1) is 0 Å². The predicted octanol–water partition coefficient (Wildman–Crippen LogP) is 10.7. The number of ether oxygens (including phenoxy) is 1. The first-order valence-corrected chi connectivity index (χ1v) is 14.7. The van der Waals surface area contributed by atoms with Gasteiger partial charge in [0.15, 0.2) is 17.3 Å². The van der Waals surface area contributed by atoms with Crippen LogP contribution >= 0.6 is 0 Å². The monoisotopic (exact) mass is 565 g/mol. The summed E-state index contributed by atoms with van der Waals surface area (Å²) in [6.07, 6.45) is 0. The molecule has 1 aliphatic rings. The fraction of sp³-hybridized carbons (Fsp3) is 0. The van der Waals surface area contributed by atoms with Crippen molar-refractivity contribution >= 4 is 17.1 Å². The number of nitrogens with zero attached hydrogens (tertiary/aromatic N) is 3. The summed E-state index contributed by atoms with van der Waals surface area (Å²) in [6, 6.07) is 56.0. The molecule has 0 saturated carbocycles. The maximum Gasteiger partial charge on any atom is 0.160 e. The number of aromatic nitrogens is 2. The fourth-order valence-corrected chi connectivity index (χ4v) is 5.72. The highest BCUT2D eigenvalue weighted by Gasteiger charge is 2.26. The minimum Gasteiger partial charge on any atom is -0.453 e. The third kappa shape index (κ3) is 4.79. The lowest BCUT2D eigenvalue weighted by Gasteiger charge is -2.33. The molecular formula is C40H27N3O. The standard InChI is InChI=1S/C40H27N3O/c1-4-13-28(14-5-1)34-27-35(42-40(41-34)29-15-6-2-7-16-29)32-18-12-17-30(25-32)31-23-24-37-39(26-31)44-38-22-11-10-21-36(38)43(37)33-19-8-3-9-20-33/h1-27H. The van der Waals surface area contributed by atoms with Crippen LogP contribution in [0.4, 0.5) is 17.1 Å². The molecule has 0 fully saturated rings. The number of fused-ring (bicyclic) bond motifs is 2. The molecule has 0 aliphatic carbocycles. The van der Waals surface area contributed by atoms with Crippen molar-refractivity contribution in [2.45, 2.75) is 0 Å². The van der Waals surface area contributed by atoms with Gasteiger partial charge in [-0.25, -0.2) is 9.97 Å². The second-order valence-electron chi connectivity index (χ2n) is 10.7. The second kappa shape index (κ2) is 11.0. The molecule has 0 radical (unpaired) electrons. The van der Waals surface area contributed by atoms with E-state index >= 15 is 0 Å². The zero-order valence-corrected chi connectivity index (χ0v) is 23.8. The largest absolute Gasteiger partial charge is 0.453 e. The van der Waals surface area contributed by atoms with Crippen molar-refractivity contribution in [3.05, 3.63) is 164 Å². The topological polar surface area (TPSA) is 38.2 Å². The summed E-state index contributed by atoms with van der Waals surface area (Å²) in [5.41, 5.74) is 10.1. The van der Waals surface area contributed by atoms with Gasteiger partial charge in [0, 0.05) is 22.4 Å². The fourth-order valence-electron chi connectivity index (χ4n) is 5.72. The number of rotatable bonds is 5. The van der Waals surface area contributed by atoms with Crippen LogP contribution in [-0.4, -0.2) is 9.97 Å². The first-order valence-electron chi connectivity index (χ1n) is 14.7. The van der Waals surface area contributed by atoms with Gasteiger partial charge >= 0.3 is 0 Å². The summed E-state index contributed by atoms with van der Waals surface area (Å²) in [5, 5.41) is 0. The van der Waals surface area contributed by atoms with Crippen molar-refractivity contribution in [3.63, 3.8) is 0 Å². The van der Waals surface area contributed by atoms with Gasteiger partial charge in [0.05, 0.1) is 22.8 Å². The molecule has 4 nitrogen and oxygen atoms in total. The van der Waals surface area contributed by atoms with Crippen LogP contribution in [0.15, 0.2) is 164 Å². The number of hydrogen-bond acceptors (Lipinski definition) is 4. The Labute approximate surface area is 256 Å². The van der Waals surface area contributed by atoms with Gasteiger partial charge in [-0.1, -0.05) is 115 Å². The molecule has 0 saturated heterocycles. The van der Waals surface area contributed by atoms with Gasteiger partial charge in [0.1, 0.15) is 0 Å². The summed E-state index contributed by atoms with van der Waals surface area (Å²) in [5.74, 6) is 2.35. The molecule has 208 valence electrons. The Bertz CT molecular complexity index is 2040. The Morgan fingerprint density at radius 2 is 0.955 bits per heavy atom. The van der Waals surface area contributed by atoms with Gasteiger partial charge in [0.2, 0.25) is 0 Å². The molecule has 0 spiro atoms. The Balaban J connectivity index is 1.21. The van der Waals surface area contributed by atoms with Crippen LogP contribution in [0.3, 0.4) is 0 Å². The van der Waals surface area contributed by atoms with Crippen molar-refractivity contribution in [1.82, 2.24) is 9.97 Å². The maximum atomic E-state index is 6.47. The summed E-state index contributed by atoms with van der Waals surface area (Å²) < 4.78 is 6.47. The molecule has 0 atom stereocenters. The number of anilines is 3. The lowest BCUT2D eigenvalue weighted by atomic mass is 9.99. The van der Waals surface area contributed by atoms with Gasteiger partial charge in [-0.05, 0) is 59.7 Å². The molecule has 7 aromatic rings. The van der Waals surface area contributed by atoms with Crippen LogP contribution in [0.2, 0.25) is 0 Å². The van der Waals surface area contributed by atoms with Crippen molar-refractivity contribution in [3.8, 4) is 56.5 Å². The summed E-state index contributed by atoms with van der Waals surface area (Å²) in [4.78, 5) is 12.2. The molecule has 6 aromatic carbocycles. The van der Waals surface area contributed by atoms with Crippen LogP contribution in [-0.2, 0) is 0 Å². The third-order valence-electron chi connectivity index (χ3n) is 7.86. The molecule has 44 heavy (non-hydrogen) atoms. The highest BCUT2D eigenvalue weighted by molar-refractivity contribution is 5.88. The average molecular weight is 566 g/mol. The quantitative estimate of drug-likeness (QED) is 0.208. The normalized spacial score (nSPS) is 11.8. The van der Waals surface area contributed by atoms with E-state index in [2.05, 4.69) is 95.9 Å². The number of para-hydroxylation sites is 3. The van der Waals surface area contributed by atoms with E-state index in [-0.39, 0.29) is 0 Å². The molecule has 0 unspecified atom stereocenters. The van der Waals surface area contributed by atoms with Gasteiger partial charge in [-0.3, -0.25) is 0 Å². The average Bonchev–Trinajstić information content (AvgIpc) is 3.11. The highest BCUT2D eigenvalue weighted by atomic mass is 16.5. The van der Waals surface area contributed by atoms with Gasteiger partial charge < -0.3 is 9.64 Å². The Morgan fingerprint density at radius 1 is 0.386 bits per heavy atom.